The predicted molar refractivity (Wildman–Crippen MR) is 291 cm³/mol. The summed E-state index contributed by atoms with van der Waals surface area (Å²) in [5.41, 5.74) is 4.02. The van der Waals surface area contributed by atoms with Crippen LogP contribution in [0.25, 0.3) is 0 Å². The number of hydrogen-bond donors (Lipinski definition) is 0. The highest BCUT2D eigenvalue weighted by Gasteiger charge is 2.39. The van der Waals surface area contributed by atoms with Crippen molar-refractivity contribution in [2.75, 3.05) is 108 Å². The van der Waals surface area contributed by atoms with Gasteiger partial charge in [0.2, 0.25) is 0 Å². The van der Waals surface area contributed by atoms with Crippen LogP contribution in [0, 0.1) is 0 Å². The molecule has 0 aliphatic carbocycles. The Morgan fingerprint density at radius 1 is 0.324 bits per heavy atom. The lowest BCUT2D eigenvalue weighted by Gasteiger charge is -2.36. The quantitative estimate of drug-likeness (QED) is 0.0214. The minimum Gasteiger partial charge on any atom is -0.497 e. The van der Waals surface area contributed by atoms with Gasteiger partial charge in [-0.2, -0.15) is 0 Å². The van der Waals surface area contributed by atoms with Gasteiger partial charge in [0.05, 0.1) is 108 Å². The van der Waals surface area contributed by atoms with E-state index < -0.39 is 19.7 Å². The predicted octanol–water partition coefficient (Wildman–Crippen LogP) is 11.5. The molecule has 6 rings (SSSR count). The number of nitrogens with zero attached hydrogens (tertiary/aromatic N) is 1. The molecular formula is C60H76NO12P. The molecule has 14 heteroatoms. The van der Waals surface area contributed by atoms with E-state index in [1.807, 2.05) is 133 Å². The summed E-state index contributed by atoms with van der Waals surface area (Å²) in [6.07, 6.45) is 0. The van der Waals surface area contributed by atoms with Crippen molar-refractivity contribution in [2.24, 2.45) is 0 Å². The number of benzene rings is 6. The molecule has 0 heterocycles. The summed E-state index contributed by atoms with van der Waals surface area (Å²) in [7, 11) is 5.28. The molecule has 398 valence electrons. The van der Waals surface area contributed by atoms with Crippen molar-refractivity contribution in [1.82, 2.24) is 4.67 Å². The lowest BCUT2D eigenvalue weighted by Crippen LogP contribution is -2.34. The molecule has 0 fully saturated rings. The first-order chi connectivity index (χ1) is 36.2. The molecule has 0 bridgehead atoms. The first kappa shape index (κ1) is 57.9. The van der Waals surface area contributed by atoms with Crippen LogP contribution in [-0.2, 0) is 48.7 Å². The van der Waals surface area contributed by atoms with E-state index in [1.165, 1.54) is 0 Å². The molecule has 0 amide bonds. The molecule has 0 N–H and O–H groups in total. The molecule has 6 aromatic carbocycles. The maximum Gasteiger partial charge on any atom is 0.259 e. The van der Waals surface area contributed by atoms with Crippen molar-refractivity contribution in [1.29, 1.82) is 0 Å². The average Bonchev–Trinajstić information content (AvgIpc) is 3.44. The second-order valence-electron chi connectivity index (χ2n) is 17.6. The lowest BCUT2D eigenvalue weighted by atomic mass is 9.80. The van der Waals surface area contributed by atoms with Crippen molar-refractivity contribution in [3.63, 3.8) is 0 Å². The van der Waals surface area contributed by atoms with Crippen molar-refractivity contribution in [3.8, 4) is 23.0 Å². The zero-order valence-corrected chi connectivity index (χ0v) is 45.3. The summed E-state index contributed by atoms with van der Waals surface area (Å²) in [5.74, 6) is 3.07. The molecule has 0 aromatic heterocycles. The third-order valence-corrected chi connectivity index (χ3v) is 14.4. The highest BCUT2D eigenvalue weighted by Crippen LogP contribution is 2.46. The van der Waals surface area contributed by atoms with E-state index in [0.717, 1.165) is 56.4 Å². The highest BCUT2D eigenvalue weighted by atomic mass is 31.2. The van der Waals surface area contributed by atoms with Crippen LogP contribution >= 0.6 is 8.53 Å². The zero-order valence-electron chi connectivity index (χ0n) is 44.4. The van der Waals surface area contributed by atoms with Gasteiger partial charge in [-0.25, -0.2) is 4.67 Å². The molecule has 0 unspecified atom stereocenters. The van der Waals surface area contributed by atoms with Gasteiger partial charge in [0, 0.05) is 12.1 Å². The summed E-state index contributed by atoms with van der Waals surface area (Å²) < 4.78 is 74.6. The molecule has 0 atom stereocenters. The molecule has 0 aliphatic heterocycles. The largest absolute Gasteiger partial charge is 0.497 e. The number of rotatable bonds is 35. The summed E-state index contributed by atoms with van der Waals surface area (Å²) in [6, 6.07) is 52.8. The van der Waals surface area contributed by atoms with Gasteiger partial charge in [-0.15, -0.1) is 0 Å². The summed E-state index contributed by atoms with van der Waals surface area (Å²) in [6.45, 7) is 13.1. The first-order valence-corrected chi connectivity index (χ1v) is 26.4. The molecule has 0 aliphatic rings. The fraction of sp³-hybridized carbons (Fsp3) is 0.400. The van der Waals surface area contributed by atoms with Gasteiger partial charge < -0.3 is 56.4 Å². The van der Waals surface area contributed by atoms with Crippen LogP contribution < -0.4 is 18.9 Å². The molecule has 0 saturated carbocycles. The molecule has 13 nitrogen and oxygen atoms in total. The lowest BCUT2D eigenvalue weighted by molar-refractivity contribution is -0.0355. The Hall–Kier alpha value is -5.41. The third kappa shape index (κ3) is 15.8. The third-order valence-electron chi connectivity index (χ3n) is 12.3. The van der Waals surface area contributed by atoms with Gasteiger partial charge in [-0.05, 0) is 110 Å². The van der Waals surface area contributed by atoms with Crippen LogP contribution in [0.1, 0.15) is 61.1 Å². The Balaban J connectivity index is 0.924. The van der Waals surface area contributed by atoms with Gasteiger partial charge in [-0.3, -0.25) is 0 Å². The Morgan fingerprint density at radius 2 is 0.568 bits per heavy atom. The SMILES string of the molecule is COc1ccc(C(OCCOCCOCCOP(OCCOCCOCCOC(c2ccccc2)(c2ccc(OC)cc2)c2ccc(OC)cc2)N(C(C)C)C(C)C)(c2ccccc2)c2ccc(OC)cc2)cc1. The summed E-state index contributed by atoms with van der Waals surface area (Å²) in [5, 5.41) is 0. The fourth-order valence-corrected chi connectivity index (χ4v) is 10.3. The molecule has 0 saturated heterocycles. The summed E-state index contributed by atoms with van der Waals surface area (Å²) >= 11 is 0. The van der Waals surface area contributed by atoms with E-state index >= 15 is 0 Å². The molecule has 0 spiro atoms. The first-order valence-electron chi connectivity index (χ1n) is 25.3. The van der Waals surface area contributed by atoms with E-state index in [4.69, 9.17) is 56.4 Å². The van der Waals surface area contributed by atoms with Gasteiger partial charge in [-0.1, -0.05) is 109 Å². The molecular weight excluding hydrogens is 958 g/mol. The van der Waals surface area contributed by atoms with E-state index in [9.17, 15) is 0 Å². The maximum absolute atomic E-state index is 6.89. The van der Waals surface area contributed by atoms with Crippen LogP contribution in [0.3, 0.4) is 0 Å². The van der Waals surface area contributed by atoms with E-state index in [-0.39, 0.29) is 12.1 Å². The highest BCUT2D eigenvalue weighted by molar-refractivity contribution is 7.44. The summed E-state index contributed by atoms with van der Waals surface area (Å²) in [4.78, 5) is 0. The molecule has 74 heavy (non-hydrogen) atoms. The van der Waals surface area contributed by atoms with Gasteiger partial charge >= 0.3 is 0 Å². The van der Waals surface area contributed by atoms with Crippen LogP contribution in [-0.4, -0.2) is 124 Å². The van der Waals surface area contributed by atoms with Crippen LogP contribution in [0.5, 0.6) is 23.0 Å². The monoisotopic (exact) mass is 1030 g/mol. The Labute approximate surface area is 440 Å². The van der Waals surface area contributed by atoms with Crippen molar-refractivity contribution < 1.29 is 56.4 Å². The molecule has 6 aromatic rings. The van der Waals surface area contributed by atoms with E-state index in [1.54, 1.807) is 28.4 Å². The van der Waals surface area contributed by atoms with Crippen LogP contribution in [0.4, 0.5) is 0 Å². The molecule has 0 radical (unpaired) electrons. The Morgan fingerprint density at radius 3 is 0.824 bits per heavy atom. The number of ether oxygens (including phenoxy) is 10. The minimum atomic E-state index is -1.37. The Kier molecular flexibility index (Phi) is 24.1. The van der Waals surface area contributed by atoms with Crippen molar-refractivity contribution in [3.05, 3.63) is 191 Å². The number of hydrogen-bond acceptors (Lipinski definition) is 13. The van der Waals surface area contributed by atoms with E-state index in [2.05, 4.69) is 56.6 Å². The normalized spacial score (nSPS) is 12.0. The zero-order chi connectivity index (χ0) is 52.4. The minimum absolute atomic E-state index is 0.208. The van der Waals surface area contributed by atoms with Gasteiger partial charge in [0.25, 0.3) is 8.53 Å². The van der Waals surface area contributed by atoms with E-state index in [0.29, 0.717) is 79.3 Å². The van der Waals surface area contributed by atoms with Crippen LogP contribution in [0.15, 0.2) is 158 Å². The number of methoxy groups -OCH3 is 4. The average molecular weight is 1030 g/mol. The Bertz CT molecular complexity index is 2160. The van der Waals surface area contributed by atoms with Crippen molar-refractivity contribution >= 4 is 8.53 Å². The second-order valence-corrected chi connectivity index (χ2v) is 19.1. The van der Waals surface area contributed by atoms with Gasteiger partial charge in [0.1, 0.15) is 34.2 Å². The van der Waals surface area contributed by atoms with Crippen molar-refractivity contribution in [2.45, 2.75) is 51.0 Å². The van der Waals surface area contributed by atoms with Crippen LogP contribution in [0.2, 0.25) is 0 Å². The van der Waals surface area contributed by atoms with Gasteiger partial charge in [0.15, 0.2) is 0 Å². The maximum atomic E-state index is 6.89. The smallest absolute Gasteiger partial charge is 0.259 e. The topological polar surface area (TPSA) is 114 Å². The standard InChI is InChI=1S/C60H76NO12P/c1-47(2)61(48(3)4)74(72-45-41-68-37-35-66-39-43-70-59(49-15-11-9-12-16-49,51-19-27-55(62-5)28-20-51)52-21-29-56(63-6)30-22-52)73-46-42-69-38-36-67-40-44-71-60(50-17-13-10-14-18-50,53-23-31-57(64-7)32-24-53)54-25-33-58(65-8)34-26-54/h9-34,47-48H,35-46H2,1-8H3. The second kappa shape index (κ2) is 30.8. The fourth-order valence-electron chi connectivity index (χ4n) is 8.79.